The normalized spacial score (nSPS) is 17.6. The summed E-state index contributed by atoms with van der Waals surface area (Å²) in [5.41, 5.74) is 1.39. The first kappa shape index (κ1) is 13.9. The van der Waals surface area contributed by atoms with Gasteiger partial charge >= 0.3 is 0 Å². The topological polar surface area (TPSA) is 72.8 Å². The lowest BCUT2D eigenvalue weighted by Crippen LogP contribution is -2.20. The van der Waals surface area contributed by atoms with Crippen LogP contribution in [0.1, 0.15) is 25.0 Å². The van der Waals surface area contributed by atoms with E-state index in [1.54, 1.807) is 26.0 Å². The number of ether oxygens (including phenoxy) is 2. The molecule has 1 aromatic carbocycles. The number of rotatable bonds is 3. The molecule has 5 nitrogen and oxygen atoms in total. The minimum Gasteiger partial charge on any atom is -0.457 e. The van der Waals surface area contributed by atoms with Crippen molar-refractivity contribution in [3.8, 4) is 0 Å². The molecule has 0 atom stereocenters. The first-order valence-corrected chi connectivity index (χ1v) is 7.24. The van der Waals surface area contributed by atoms with Crippen LogP contribution in [0.5, 0.6) is 0 Å². The minimum atomic E-state index is -4.24. The zero-order valence-electron chi connectivity index (χ0n) is 11.0. The van der Waals surface area contributed by atoms with Gasteiger partial charge in [0.05, 0.1) is 4.90 Å². The molecule has 104 valence electrons. The summed E-state index contributed by atoms with van der Waals surface area (Å²) in [6, 6.07) is 4.73. The Bertz CT molecular complexity index is 628. The maximum Gasteiger partial charge on any atom is 0.294 e. The van der Waals surface area contributed by atoms with E-state index in [0.29, 0.717) is 11.3 Å². The molecule has 0 unspecified atom stereocenters. The molecule has 0 spiro atoms. The van der Waals surface area contributed by atoms with Gasteiger partial charge in [0.25, 0.3) is 10.1 Å². The third-order valence-corrected chi connectivity index (χ3v) is 3.66. The maximum atomic E-state index is 11.3. The van der Waals surface area contributed by atoms with Crippen LogP contribution in [0.4, 0.5) is 0 Å². The highest BCUT2D eigenvalue weighted by Gasteiger charge is 2.28. The van der Waals surface area contributed by atoms with Crippen molar-refractivity contribution in [1.82, 2.24) is 0 Å². The van der Waals surface area contributed by atoms with E-state index in [-0.39, 0.29) is 11.3 Å². The van der Waals surface area contributed by atoms with Gasteiger partial charge < -0.3 is 9.47 Å². The second kappa shape index (κ2) is 4.54. The van der Waals surface area contributed by atoms with Crippen LogP contribution in [-0.2, 0) is 26.0 Å². The molecule has 0 aromatic heterocycles. The highest BCUT2D eigenvalue weighted by atomic mass is 32.2. The standard InChI is InChI=1S/C13H16O5S/c1-9-4-5-12(19(14,15)16)10(6-9)7-11-8-17-13(2,3)18-11/h4-6,8H,7H2,1-3H3,(H,14,15,16). The molecule has 6 heteroatoms. The van der Waals surface area contributed by atoms with Gasteiger partial charge in [-0.15, -0.1) is 0 Å². The second-order valence-corrected chi connectivity index (χ2v) is 6.36. The minimum absolute atomic E-state index is 0.104. The number of aryl methyl sites for hydroxylation is 1. The highest BCUT2D eigenvalue weighted by Crippen LogP contribution is 2.28. The SMILES string of the molecule is Cc1ccc(S(=O)(=O)O)c(CC2=COC(C)(C)O2)c1. The molecule has 0 amide bonds. The van der Waals surface area contributed by atoms with Gasteiger partial charge in [-0.2, -0.15) is 8.42 Å². The summed E-state index contributed by atoms with van der Waals surface area (Å²) in [6.07, 6.45) is 1.72. The lowest BCUT2D eigenvalue weighted by atomic mass is 10.1. The van der Waals surface area contributed by atoms with Crippen LogP contribution in [0, 0.1) is 6.92 Å². The molecule has 1 aromatic rings. The van der Waals surface area contributed by atoms with Crippen molar-refractivity contribution >= 4 is 10.1 Å². The van der Waals surface area contributed by atoms with Crippen LogP contribution >= 0.6 is 0 Å². The molecule has 1 heterocycles. The molecule has 1 N–H and O–H groups in total. The summed E-state index contributed by atoms with van der Waals surface area (Å²) >= 11 is 0. The molecule has 2 rings (SSSR count). The van der Waals surface area contributed by atoms with Crippen LogP contribution in [-0.4, -0.2) is 18.8 Å². The van der Waals surface area contributed by atoms with Crippen molar-refractivity contribution in [1.29, 1.82) is 0 Å². The van der Waals surface area contributed by atoms with Crippen molar-refractivity contribution in [3.05, 3.63) is 41.3 Å². The Balaban J connectivity index is 2.33. The zero-order chi connectivity index (χ0) is 14.3. The largest absolute Gasteiger partial charge is 0.457 e. The fraction of sp³-hybridized carbons (Fsp3) is 0.385. The van der Waals surface area contributed by atoms with E-state index in [4.69, 9.17) is 9.47 Å². The molecule has 0 fully saturated rings. The van der Waals surface area contributed by atoms with E-state index in [9.17, 15) is 13.0 Å². The van der Waals surface area contributed by atoms with Crippen LogP contribution < -0.4 is 0 Å². The van der Waals surface area contributed by atoms with E-state index in [2.05, 4.69) is 0 Å². The van der Waals surface area contributed by atoms with Crippen LogP contribution in [0.15, 0.2) is 35.1 Å². The Morgan fingerprint density at radius 2 is 2.00 bits per heavy atom. The molecule has 0 bridgehead atoms. The number of hydrogen-bond acceptors (Lipinski definition) is 4. The summed E-state index contributed by atoms with van der Waals surface area (Å²) in [5, 5.41) is 0. The molecule has 19 heavy (non-hydrogen) atoms. The first-order chi connectivity index (χ1) is 8.67. The van der Waals surface area contributed by atoms with E-state index in [0.717, 1.165) is 5.56 Å². The Kier molecular flexibility index (Phi) is 3.32. The van der Waals surface area contributed by atoms with E-state index < -0.39 is 15.9 Å². The Labute approximate surface area is 112 Å². The molecule has 0 saturated heterocycles. The van der Waals surface area contributed by atoms with Gasteiger partial charge in [0.15, 0.2) is 0 Å². The Morgan fingerprint density at radius 3 is 2.53 bits per heavy atom. The first-order valence-electron chi connectivity index (χ1n) is 5.80. The van der Waals surface area contributed by atoms with Gasteiger partial charge in [-0.3, -0.25) is 4.55 Å². The van der Waals surface area contributed by atoms with Crippen molar-refractivity contribution < 1.29 is 22.4 Å². The molecule has 0 saturated carbocycles. The Morgan fingerprint density at radius 1 is 1.32 bits per heavy atom. The summed E-state index contributed by atoms with van der Waals surface area (Å²) < 4.78 is 42.7. The van der Waals surface area contributed by atoms with Crippen molar-refractivity contribution in [2.24, 2.45) is 0 Å². The lowest BCUT2D eigenvalue weighted by molar-refractivity contribution is -0.117. The predicted octanol–water partition coefficient (Wildman–Crippen LogP) is 2.41. The fourth-order valence-corrected chi connectivity index (χ4v) is 2.64. The van der Waals surface area contributed by atoms with Gasteiger partial charge in [-0.1, -0.05) is 17.7 Å². The van der Waals surface area contributed by atoms with Crippen LogP contribution in [0.25, 0.3) is 0 Å². The van der Waals surface area contributed by atoms with Gasteiger partial charge in [-0.25, -0.2) is 0 Å². The third kappa shape index (κ3) is 3.27. The molecular weight excluding hydrogens is 268 g/mol. The number of benzene rings is 1. The third-order valence-electron chi connectivity index (χ3n) is 2.71. The molecule has 0 radical (unpaired) electrons. The fourth-order valence-electron chi connectivity index (χ4n) is 1.93. The van der Waals surface area contributed by atoms with Gasteiger partial charge in [0, 0.05) is 20.3 Å². The smallest absolute Gasteiger partial charge is 0.294 e. The number of allylic oxidation sites excluding steroid dienone is 1. The Hall–Kier alpha value is -1.53. The molecule has 0 aliphatic carbocycles. The quantitative estimate of drug-likeness (QED) is 0.863. The summed E-state index contributed by atoms with van der Waals surface area (Å²) in [7, 11) is -4.24. The van der Waals surface area contributed by atoms with E-state index in [1.165, 1.54) is 12.3 Å². The molecule has 1 aliphatic rings. The zero-order valence-corrected chi connectivity index (χ0v) is 11.8. The number of hydrogen-bond donors (Lipinski definition) is 1. The van der Waals surface area contributed by atoms with E-state index in [1.807, 2.05) is 6.92 Å². The average molecular weight is 284 g/mol. The molecular formula is C13H16O5S. The average Bonchev–Trinajstić information content (AvgIpc) is 2.56. The van der Waals surface area contributed by atoms with Crippen molar-refractivity contribution in [2.75, 3.05) is 0 Å². The maximum absolute atomic E-state index is 11.3. The summed E-state index contributed by atoms with van der Waals surface area (Å²) in [4.78, 5) is -0.104. The van der Waals surface area contributed by atoms with Gasteiger partial charge in [-0.05, 0) is 18.6 Å². The summed E-state index contributed by atoms with van der Waals surface area (Å²) in [6.45, 7) is 5.37. The van der Waals surface area contributed by atoms with Gasteiger partial charge in [0.1, 0.15) is 12.0 Å². The molecule has 1 aliphatic heterocycles. The predicted molar refractivity (Wildman–Crippen MR) is 69.0 cm³/mol. The summed E-state index contributed by atoms with van der Waals surface area (Å²) in [5.74, 6) is -0.210. The van der Waals surface area contributed by atoms with Crippen LogP contribution in [0.3, 0.4) is 0 Å². The van der Waals surface area contributed by atoms with Crippen molar-refractivity contribution in [3.63, 3.8) is 0 Å². The van der Waals surface area contributed by atoms with Crippen molar-refractivity contribution in [2.45, 2.75) is 37.9 Å². The van der Waals surface area contributed by atoms with Gasteiger partial charge in [0.2, 0.25) is 5.79 Å². The second-order valence-electron chi connectivity index (χ2n) is 4.97. The van der Waals surface area contributed by atoms with Crippen LogP contribution in [0.2, 0.25) is 0 Å². The lowest BCUT2D eigenvalue weighted by Gasteiger charge is -2.18. The monoisotopic (exact) mass is 284 g/mol. The van der Waals surface area contributed by atoms with E-state index >= 15 is 0 Å². The highest BCUT2D eigenvalue weighted by molar-refractivity contribution is 7.85.